The zero-order valence-electron chi connectivity index (χ0n) is 11.4. The van der Waals surface area contributed by atoms with Gasteiger partial charge >= 0.3 is 6.03 Å². The molecule has 1 N–H and O–H groups in total. The van der Waals surface area contributed by atoms with Gasteiger partial charge in [0.1, 0.15) is 6.10 Å². The number of urea groups is 1. The van der Waals surface area contributed by atoms with E-state index in [1.54, 1.807) is 4.90 Å². The van der Waals surface area contributed by atoms with Crippen LogP contribution in [0.2, 0.25) is 0 Å². The number of rotatable bonds is 3. The number of piperidine rings is 1. The number of carbonyl (C=O) groups is 1. The van der Waals surface area contributed by atoms with Crippen LogP contribution in [0.1, 0.15) is 25.5 Å². The number of hydrogen-bond donors (Lipinski definition) is 1. The third-order valence-corrected chi connectivity index (χ3v) is 3.05. The molecule has 1 saturated heterocycles. The van der Waals surface area contributed by atoms with Crippen molar-refractivity contribution in [3.8, 4) is 5.88 Å². The summed E-state index contributed by atoms with van der Waals surface area (Å²) in [5.74, 6) is 0.522. The van der Waals surface area contributed by atoms with Gasteiger partial charge in [-0.25, -0.2) is 4.79 Å². The molecule has 19 heavy (non-hydrogen) atoms. The van der Waals surface area contributed by atoms with E-state index in [9.17, 15) is 4.79 Å². The summed E-state index contributed by atoms with van der Waals surface area (Å²) in [5, 5.41) is 10.8. The Labute approximate surface area is 113 Å². The number of likely N-dealkylation sites (tertiary alicyclic amines) is 1. The number of ether oxygens (including phenoxy) is 1. The van der Waals surface area contributed by atoms with E-state index in [4.69, 9.17) is 4.74 Å². The highest BCUT2D eigenvalue weighted by atomic mass is 16.5. The van der Waals surface area contributed by atoms with Gasteiger partial charge in [0, 0.05) is 19.2 Å². The summed E-state index contributed by atoms with van der Waals surface area (Å²) in [6.07, 6.45) is 1.88. The van der Waals surface area contributed by atoms with Crippen molar-refractivity contribution in [2.24, 2.45) is 0 Å². The normalized spacial score (nSPS) is 19.1. The molecule has 0 bridgehead atoms. The van der Waals surface area contributed by atoms with Gasteiger partial charge in [0.2, 0.25) is 5.88 Å². The smallest absolute Gasteiger partial charge is 0.317 e. The standard InChI is InChI=1S/C13H20N4O2/c1-3-14-13(18)17-8-4-5-11(9-17)19-12-7-6-10(2)15-16-12/h6-7,11H,3-5,8-9H2,1-2H3,(H,14,18). The Kier molecular flexibility index (Phi) is 4.54. The topological polar surface area (TPSA) is 67.4 Å². The average molecular weight is 264 g/mol. The van der Waals surface area contributed by atoms with Crippen molar-refractivity contribution < 1.29 is 9.53 Å². The highest BCUT2D eigenvalue weighted by Gasteiger charge is 2.24. The summed E-state index contributed by atoms with van der Waals surface area (Å²) in [7, 11) is 0. The van der Waals surface area contributed by atoms with Crippen LogP contribution in [0, 0.1) is 6.92 Å². The molecule has 1 unspecified atom stereocenters. The van der Waals surface area contributed by atoms with E-state index in [-0.39, 0.29) is 12.1 Å². The lowest BCUT2D eigenvalue weighted by atomic mass is 10.1. The Balaban J connectivity index is 1.90. The molecular weight excluding hydrogens is 244 g/mol. The Morgan fingerprint density at radius 3 is 3.05 bits per heavy atom. The molecule has 1 fully saturated rings. The summed E-state index contributed by atoms with van der Waals surface area (Å²) >= 11 is 0. The van der Waals surface area contributed by atoms with E-state index < -0.39 is 0 Å². The van der Waals surface area contributed by atoms with Gasteiger partial charge in [0.15, 0.2) is 0 Å². The van der Waals surface area contributed by atoms with Crippen LogP contribution < -0.4 is 10.1 Å². The summed E-state index contributed by atoms with van der Waals surface area (Å²) in [5.41, 5.74) is 0.861. The van der Waals surface area contributed by atoms with E-state index >= 15 is 0 Å². The number of hydrogen-bond acceptors (Lipinski definition) is 4. The molecule has 1 atom stereocenters. The van der Waals surface area contributed by atoms with Crippen LogP contribution in [0.3, 0.4) is 0 Å². The molecule has 0 aliphatic carbocycles. The number of nitrogens with zero attached hydrogens (tertiary/aromatic N) is 3. The van der Waals surface area contributed by atoms with Gasteiger partial charge in [-0.15, -0.1) is 5.10 Å². The molecule has 1 aromatic heterocycles. The zero-order chi connectivity index (χ0) is 13.7. The Morgan fingerprint density at radius 2 is 2.37 bits per heavy atom. The molecular formula is C13H20N4O2. The SMILES string of the molecule is CCNC(=O)N1CCCC(Oc2ccc(C)nn2)C1. The second kappa shape index (κ2) is 6.36. The number of aryl methyl sites for hydroxylation is 1. The van der Waals surface area contributed by atoms with Crippen LogP contribution in [-0.2, 0) is 0 Å². The molecule has 2 amide bonds. The van der Waals surface area contributed by atoms with Crippen molar-refractivity contribution in [2.45, 2.75) is 32.8 Å². The molecule has 0 radical (unpaired) electrons. The van der Waals surface area contributed by atoms with Gasteiger partial charge in [-0.05, 0) is 32.8 Å². The molecule has 1 aliphatic heterocycles. The highest BCUT2D eigenvalue weighted by Crippen LogP contribution is 2.16. The van der Waals surface area contributed by atoms with Crippen LogP contribution in [0.4, 0.5) is 4.79 Å². The third kappa shape index (κ3) is 3.81. The second-order valence-electron chi connectivity index (χ2n) is 4.68. The second-order valence-corrected chi connectivity index (χ2v) is 4.68. The fraction of sp³-hybridized carbons (Fsp3) is 0.615. The van der Waals surface area contributed by atoms with Gasteiger partial charge in [0.25, 0.3) is 0 Å². The van der Waals surface area contributed by atoms with Gasteiger partial charge in [0.05, 0.1) is 12.2 Å². The summed E-state index contributed by atoms with van der Waals surface area (Å²) < 4.78 is 5.77. The first-order valence-electron chi connectivity index (χ1n) is 6.69. The lowest BCUT2D eigenvalue weighted by Gasteiger charge is -2.32. The zero-order valence-corrected chi connectivity index (χ0v) is 11.4. The predicted octanol–water partition coefficient (Wildman–Crippen LogP) is 1.36. The van der Waals surface area contributed by atoms with E-state index in [0.29, 0.717) is 19.0 Å². The molecule has 0 spiro atoms. The maximum atomic E-state index is 11.8. The predicted molar refractivity (Wildman–Crippen MR) is 71.1 cm³/mol. The molecule has 0 aromatic carbocycles. The van der Waals surface area contributed by atoms with Crippen molar-refractivity contribution in [1.82, 2.24) is 20.4 Å². The van der Waals surface area contributed by atoms with Crippen molar-refractivity contribution in [1.29, 1.82) is 0 Å². The van der Waals surface area contributed by atoms with Crippen molar-refractivity contribution >= 4 is 6.03 Å². The minimum atomic E-state index is -0.0224. The Hall–Kier alpha value is -1.85. The number of aromatic nitrogens is 2. The monoisotopic (exact) mass is 264 g/mol. The minimum absolute atomic E-state index is 0.00615. The third-order valence-electron chi connectivity index (χ3n) is 3.05. The van der Waals surface area contributed by atoms with Crippen LogP contribution in [0.15, 0.2) is 12.1 Å². The van der Waals surface area contributed by atoms with Crippen LogP contribution in [0.25, 0.3) is 0 Å². The number of carbonyl (C=O) groups excluding carboxylic acids is 1. The van der Waals surface area contributed by atoms with Gasteiger partial charge in [-0.2, -0.15) is 5.10 Å². The van der Waals surface area contributed by atoms with Crippen LogP contribution in [0.5, 0.6) is 5.88 Å². The fourth-order valence-corrected chi connectivity index (χ4v) is 2.10. The van der Waals surface area contributed by atoms with Crippen molar-refractivity contribution in [3.05, 3.63) is 17.8 Å². The Bertz CT molecular complexity index is 421. The van der Waals surface area contributed by atoms with E-state index in [1.165, 1.54) is 0 Å². The molecule has 2 heterocycles. The minimum Gasteiger partial charge on any atom is -0.471 e. The van der Waals surface area contributed by atoms with Crippen LogP contribution >= 0.6 is 0 Å². The summed E-state index contributed by atoms with van der Waals surface area (Å²) in [4.78, 5) is 13.6. The maximum absolute atomic E-state index is 11.8. The first-order valence-corrected chi connectivity index (χ1v) is 6.69. The fourth-order valence-electron chi connectivity index (χ4n) is 2.10. The summed E-state index contributed by atoms with van der Waals surface area (Å²) in [6, 6.07) is 3.66. The first kappa shape index (κ1) is 13.6. The molecule has 2 rings (SSSR count). The van der Waals surface area contributed by atoms with Crippen LogP contribution in [-0.4, -0.2) is 46.9 Å². The molecule has 6 heteroatoms. The van der Waals surface area contributed by atoms with E-state index in [2.05, 4.69) is 15.5 Å². The lowest BCUT2D eigenvalue weighted by Crippen LogP contribution is -2.48. The van der Waals surface area contributed by atoms with Crippen molar-refractivity contribution in [3.63, 3.8) is 0 Å². The molecule has 104 valence electrons. The van der Waals surface area contributed by atoms with E-state index in [0.717, 1.165) is 25.1 Å². The molecule has 1 aromatic rings. The van der Waals surface area contributed by atoms with Crippen molar-refractivity contribution in [2.75, 3.05) is 19.6 Å². The maximum Gasteiger partial charge on any atom is 0.317 e. The largest absolute Gasteiger partial charge is 0.471 e. The number of nitrogens with one attached hydrogen (secondary N) is 1. The Morgan fingerprint density at radius 1 is 1.53 bits per heavy atom. The van der Waals surface area contributed by atoms with Gasteiger partial charge in [-0.3, -0.25) is 0 Å². The molecule has 0 saturated carbocycles. The van der Waals surface area contributed by atoms with Gasteiger partial charge < -0.3 is 15.0 Å². The quantitative estimate of drug-likeness (QED) is 0.895. The first-order chi connectivity index (χ1) is 9.19. The molecule has 6 nitrogen and oxygen atoms in total. The van der Waals surface area contributed by atoms with E-state index in [1.807, 2.05) is 26.0 Å². The summed E-state index contributed by atoms with van der Waals surface area (Å²) in [6.45, 7) is 5.82. The highest BCUT2D eigenvalue weighted by molar-refractivity contribution is 5.74. The molecule has 1 aliphatic rings. The average Bonchev–Trinajstić information content (AvgIpc) is 2.42. The number of amides is 2. The van der Waals surface area contributed by atoms with Gasteiger partial charge in [-0.1, -0.05) is 0 Å². The lowest BCUT2D eigenvalue weighted by molar-refractivity contribution is 0.0972.